The minimum Gasteiger partial charge on any atom is -0.376 e. The number of halogens is 1. The van der Waals surface area contributed by atoms with Crippen molar-refractivity contribution in [3.05, 3.63) is 17.0 Å². The fourth-order valence-electron chi connectivity index (χ4n) is 2.65. The number of anilines is 1. The van der Waals surface area contributed by atoms with Crippen molar-refractivity contribution < 1.29 is 4.74 Å². The first-order chi connectivity index (χ1) is 9.68. The van der Waals surface area contributed by atoms with Gasteiger partial charge in [0.05, 0.1) is 12.7 Å². The van der Waals surface area contributed by atoms with Crippen molar-refractivity contribution in [1.82, 2.24) is 9.97 Å². The van der Waals surface area contributed by atoms with Crippen LogP contribution >= 0.6 is 11.6 Å². The van der Waals surface area contributed by atoms with Crippen molar-refractivity contribution in [1.29, 1.82) is 0 Å². The number of nitrogens with one attached hydrogen (secondary N) is 1. The number of hydrogen-bond acceptors (Lipinski definition) is 4. The molecule has 2 rings (SSSR count). The Hall–Kier alpha value is -0.870. The Labute approximate surface area is 126 Å². The fourth-order valence-corrected chi connectivity index (χ4v) is 3.00. The summed E-state index contributed by atoms with van der Waals surface area (Å²) in [5, 5.41) is 3.85. The molecule has 1 heterocycles. The smallest absolute Gasteiger partial charge is 0.138 e. The molecule has 1 aromatic heterocycles. The Bertz CT molecular complexity index is 420. The van der Waals surface area contributed by atoms with Gasteiger partial charge in [0, 0.05) is 12.1 Å². The number of rotatable bonds is 6. The lowest BCUT2D eigenvalue weighted by Crippen LogP contribution is -2.21. The molecule has 1 aliphatic carbocycles. The van der Waals surface area contributed by atoms with Gasteiger partial charge in [0.25, 0.3) is 0 Å². The van der Waals surface area contributed by atoms with Crippen molar-refractivity contribution >= 4 is 17.4 Å². The van der Waals surface area contributed by atoms with Crippen molar-refractivity contribution in [3.8, 4) is 0 Å². The second kappa shape index (κ2) is 7.79. The number of aromatic nitrogens is 2. The number of ether oxygens (including phenoxy) is 1. The molecule has 1 aromatic rings. The molecule has 1 fully saturated rings. The lowest BCUT2D eigenvalue weighted by Gasteiger charge is -2.22. The van der Waals surface area contributed by atoms with E-state index in [2.05, 4.69) is 29.1 Å². The molecule has 1 N–H and O–H groups in total. The van der Waals surface area contributed by atoms with E-state index >= 15 is 0 Å². The zero-order valence-corrected chi connectivity index (χ0v) is 13.1. The Morgan fingerprint density at radius 3 is 2.75 bits per heavy atom. The van der Waals surface area contributed by atoms with Crippen LogP contribution in [0.4, 0.5) is 5.82 Å². The van der Waals surface area contributed by atoms with Crippen LogP contribution in [0.25, 0.3) is 0 Å². The third kappa shape index (κ3) is 4.32. The summed E-state index contributed by atoms with van der Waals surface area (Å²) in [5.41, 5.74) is 0.979. The van der Waals surface area contributed by atoms with Crippen LogP contribution in [0.1, 0.15) is 57.4 Å². The van der Waals surface area contributed by atoms with E-state index in [1.165, 1.54) is 38.4 Å². The Morgan fingerprint density at radius 1 is 1.30 bits per heavy atom. The molecular weight excluding hydrogens is 274 g/mol. The van der Waals surface area contributed by atoms with Gasteiger partial charge in [-0.1, -0.05) is 44.7 Å². The average Bonchev–Trinajstić information content (AvgIpc) is 2.44. The first kappa shape index (κ1) is 15.5. The highest BCUT2D eigenvalue weighted by Crippen LogP contribution is 2.27. The summed E-state index contributed by atoms with van der Waals surface area (Å²) < 4.78 is 5.90. The van der Waals surface area contributed by atoms with Crippen molar-refractivity contribution in [2.45, 2.75) is 58.0 Å². The van der Waals surface area contributed by atoms with Gasteiger partial charge in [-0.05, 0) is 18.8 Å². The average molecular weight is 298 g/mol. The lowest BCUT2D eigenvalue weighted by atomic mass is 9.98. The third-order valence-electron chi connectivity index (χ3n) is 3.71. The van der Waals surface area contributed by atoms with Crippen molar-refractivity contribution in [3.63, 3.8) is 0 Å². The third-order valence-corrected chi connectivity index (χ3v) is 4.01. The molecule has 0 aromatic carbocycles. The zero-order valence-electron chi connectivity index (χ0n) is 12.4. The van der Waals surface area contributed by atoms with E-state index in [0.29, 0.717) is 23.8 Å². The van der Waals surface area contributed by atoms with Crippen molar-refractivity contribution in [2.75, 3.05) is 18.5 Å². The second-order valence-electron chi connectivity index (χ2n) is 5.64. The first-order valence-corrected chi connectivity index (χ1v) is 7.92. The highest BCUT2D eigenvalue weighted by atomic mass is 35.5. The largest absolute Gasteiger partial charge is 0.376 e. The molecule has 0 aliphatic heterocycles. The highest BCUT2D eigenvalue weighted by molar-refractivity contribution is 6.30. The first-order valence-electron chi connectivity index (χ1n) is 7.54. The van der Waals surface area contributed by atoms with E-state index < -0.39 is 0 Å². The number of nitrogens with zero attached hydrogens (tertiary/aromatic N) is 2. The molecule has 0 saturated heterocycles. The maximum Gasteiger partial charge on any atom is 0.138 e. The summed E-state index contributed by atoms with van der Waals surface area (Å²) in [4.78, 5) is 8.33. The van der Waals surface area contributed by atoms with E-state index in [4.69, 9.17) is 16.3 Å². The van der Waals surface area contributed by atoms with Crippen LogP contribution in [0.2, 0.25) is 5.15 Å². The van der Waals surface area contributed by atoms with Gasteiger partial charge in [0.1, 0.15) is 17.3 Å². The van der Waals surface area contributed by atoms with Gasteiger partial charge in [0.15, 0.2) is 0 Å². The summed E-state index contributed by atoms with van der Waals surface area (Å²) in [6.45, 7) is 5.65. The van der Waals surface area contributed by atoms with Crippen LogP contribution in [-0.2, 0) is 4.74 Å². The van der Waals surface area contributed by atoms with Crippen LogP contribution in [0.3, 0.4) is 0 Å². The molecule has 0 unspecified atom stereocenters. The maximum atomic E-state index is 6.14. The molecule has 0 atom stereocenters. The molecular formula is C15H24ClN3O. The van der Waals surface area contributed by atoms with Gasteiger partial charge in [-0.15, -0.1) is 0 Å². The maximum absolute atomic E-state index is 6.14. The van der Waals surface area contributed by atoms with Gasteiger partial charge in [-0.2, -0.15) is 0 Å². The lowest BCUT2D eigenvalue weighted by molar-refractivity contribution is 0.0347. The van der Waals surface area contributed by atoms with Crippen molar-refractivity contribution in [2.24, 2.45) is 0 Å². The minimum absolute atomic E-state index is 0.297. The molecule has 0 amide bonds. The summed E-state index contributed by atoms with van der Waals surface area (Å²) in [6, 6.07) is 0. The van der Waals surface area contributed by atoms with Gasteiger partial charge in [0.2, 0.25) is 0 Å². The fraction of sp³-hybridized carbons (Fsp3) is 0.733. The molecule has 1 aliphatic rings. The van der Waals surface area contributed by atoms with Crippen LogP contribution in [0.5, 0.6) is 0 Å². The molecule has 112 valence electrons. The van der Waals surface area contributed by atoms with Crippen LogP contribution in [0, 0.1) is 0 Å². The number of hydrogen-bond donors (Lipinski definition) is 1. The van der Waals surface area contributed by atoms with Gasteiger partial charge < -0.3 is 10.1 Å². The molecule has 0 radical (unpaired) electrons. The summed E-state index contributed by atoms with van der Waals surface area (Å²) in [7, 11) is 0. The van der Waals surface area contributed by atoms with E-state index in [1.807, 2.05) is 0 Å². The summed E-state index contributed by atoms with van der Waals surface area (Å²) >= 11 is 6.14. The molecule has 20 heavy (non-hydrogen) atoms. The standard InChI is InChI=1S/C15H24ClN3O/c1-11(2)13-14(16)18-10-19-15(13)17-8-9-20-12-6-4-3-5-7-12/h10-12H,3-9H2,1-2H3,(H,17,18,19). The summed E-state index contributed by atoms with van der Waals surface area (Å²) in [6.07, 6.45) is 8.32. The molecule has 0 spiro atoms. The monoisotopic (exact) mass is 297 g/mol. The zero-order chi connectivity index (χ0) is 14.4. The normalized spacial score (nSPS) is 16.6. The topological polar surface area (TPSA) is 47.0 Å². The second-order valence-corrected chi connectivity index (χ2v) is 6.00. The molecule has 1 saturated carbocycles. The SMILES string of the molecule is CC(C)c1c(Cl)ncnc1NCCOC1CCCCC1. The van der Waals surface area contributed by atoms with E-state index in [9.17, 15) is 0 Å². The molecule has 0 bridgehead atoms. The highest BCUT2D eigenvalue weighted by Gasteiger charge is 2.15. The van der Waals surface area contributed by atoms with E-state index in [1.54, 1.807) is 0 Å². The van der Waals surface area contributed by atoms with Gasteiger partial charge >= 0.3 is 0 Å². The van der Waals surface area contributed by atoms with Crippen LogP contribution in [-0.4, -0.2) is 29.2 Å². The Morgan fingerprint density at radius 2 is 2.05 bits per heavy atom. The Kier molecular flexibility index (Phi) is 6.05. The summed E-state index contributed by atoms with van der Waals surface area (Å²) in [5.74, 6) is 1.12. The minimum atomic E-state index is 0.297. The molecule has 5 heteroatoms. The molecule has 4 nitrogen and oxygen atoms in total. The predicted molar refractivity (Wildman–Crippen MR) is 82.4 cm³/mol. The van der Waals surface area contributed by atoms with Crippen LogP contribution in [0.15, 0.2) is 6.33 Å². The van der Waals surface area contributed by atoms with E-state index in [0.717, 1.165) is 17.9 Å². The Balaban J connectivity index is 1.80. The predicted octanol–water partition coefficient (Wildman–Crippen LogP) is 4.01. The van der Waals surface area contributed by atoms with Crippen LogP contribution < -0.4 is 5.32 Å². The van der Waals surface area contributed by atoms with Gasteiger partial charge in [-0.25, -0.2) is 9.97 Å². The quantitative estimate of drug-likeness (QED) is 0.636. The van der Waals surface area contributed by atoms with Gasteiger partial charge in [-0.3, -0.25) is 0 Å². The van der Waals surface area contributed by atoms with E-state index in [-0.39, 0.29) is 0 Å².